The van der Waals surface area contributed by atoms with E-state index in [0.29, 0.717) is 24.4 Å². The number of aliphatic hydroxyl groups excluding tert-OH is 1. The highest BCUT2D eigenvalue weighted by atomic mass is 32.2. The van der Waals surface area contributed by atoms with Crippen molar-refractivity contribution in [2.24, 2.45) is 11.1 Å². The Hall–Kier alpha value is -1.96. The molecule has 5 N–H and O–H groups in total. The topological polar surface area (TPSA) is 153 Å². The second-order valence-corrected chi connectivity index (χ2v) is 12.5. The summed E-state index contributed by atoms with van der Waals surface area (Å²) in [5.74, 6) is -1.80. The van der Waals surface area contributed by atoms with E-state index in [9.17, 15) is 28.2 Å². The monoisotopic (exact) mass is 540 g/mol. The number of nitrogens with two attached hydrogens (primary N) is 1. The summed E-state index contributed by atoms with van der Waals surface area (Å²) in [4.78, 5) is 28.8. The van der Waals surface area contributed by atoms with Crippen molar-refractivity contribution in [3.63, 3.8) is 0 Å². The first-order valence-electron chi connectivity index (χ1n) is 12.0. The van der Waals surface area contributed by atoms with E-state index < -0.39 is 28.3 Å². The highest BCUT2D eigenvalue weighted by Crippen LogP contribution is 2.46. The van der Waals surface area contributed by atoms with Gasteiger partial charge in [0, 0.05) is 54.7 Å². The van der Waals surface area contributed by atoms with Crippen LogP contribution >= 0.6 is 11.8 Å². The SMILES string of the molecule is CC(=O)N1C(C(=O)O)=C(S[C@H]2C[C@@H](CNS(N)(=O)=O)N(Cc3cccc(C)c3)C2)[C@H](C)[C@@H]1C[C@@H](C)O. The minimum absolute atomic E-state index is 0.0204. The predicted molar refractivity (Wildman–Crippen MR) is 139 cm³/mol. The number of aliphatic hydroxyl groups is 1. The van der Waals surface area contributed by atoms with Crippen molar-refractivity contribution < 1.29 is 28.2 Å². The Kier molecular flexibility index (Phi) is 9.23. The molecule has 0 saturated carbocycles. The number of nitrogens with zero attached hydrogens (tertiary/aromatic N) is 2. The van der Waals surface area contributed by atoms with E-state index in [1.807, 2.05) is 32.0 Å². The van der Waals surface area contributed by atoms with Gasteiger partial charge in [-0.1, -0.05) is 36.8 Å². The van der Waals surface area contributed by atoms with Gasteiger partial charge in [0.25, 0.3) is 10.2 Å². The fraction of sp³-hybridized carbons (Fsp3) is 0.583. The third-order valence-electron chi connectivity index (χ3n) is 6.69. The van der Waals surface area contributed by atoms with Crippen molar-refractivity contribution in [2.45, 2.75) is 70.5 Å². The third-order valence-corrected chi connectivity index (χ3v) is 8.76. The van der Waals surface area contributed by atoms with Crippen LogP contribution in [-0.2, 0) is 26.3 Å². The van der Waals surface area contributed by atoms with E-state index in [0.717, 1.165) is 11.1 Å². The zero-order valence-corrected chi connectivity index (χ0v) is 22.7. The van der Waals surface area contributed by atoms with Crippen LogP contribution in [0.25, 0.3) is 0 Å². The van der Waals surface area contributed by atoms with E-state index in [4.69, 9.17) is 5.14 Å². The molecule has 1 aromatic carbocycles. The van der Waals surface area contributed by atoms with Crippen LogP contribution in [-0.4, -0.2) is 76.8 Å². The summed E-state index contributed by atoms with van der Waals surface area (Å²) in [6.07, 6.45) is 0.194. The summed E-state index contributed by atoms with van der Waals surface area (Å²) in [6.45, 7) is 8.23. The number of aliphatic carboxylic acids is 1. The lowest BCUT2D eigenvalue weighted by Gasteiger charge is -2.28. The number of hydrogen-bond acceptors (Lipinski definition) is 7. The average molecular weight is 541 g/mol. The Labute approximate surface area is 217 Å². The largest absolute Gasteiger partial charge is 0.477 e. The molecule has 0 spiro atoms. The zero-order chi connectivity index (χ0) is 26.8. The summed E-state index contributed by atoms with van der Waals surface area (Å²) in [5.41, 5.74) is 2.20. The number of benzene rings is 1. The number of aryl methyl sites for hydroxylation is 1. The molecular formula is C24H36N4O6S2. The van der Waals surface area contributed by atoms with Gasteiger partial charge in [0.1, 0.15) is 5.70 Å². The number of hydrogen-bond donors (Lipinski definition) is 4. The molecule has 1 saturated heterocycles. The van der Waals surface area contributed by atoms with Gasteiger partial charge < -0.3 is 15.1 Å². The minimum atomic E-state index is -3.86. The van der Waals surface area contributed by atoms with Gasteiger partial charge in [-0.3, -0.25) is 9.69 Å². The molecule has 0 aromatic heterocycles. The molecule has 10 nitrogen and oxygen atoms in total. The van der Waals surface area contributed by atoms with Gasteiger partial charge in [-0.15, -0.1) is 11.8 Å². The molecule has 200 valence electrons. The first kappa shape index (κ1) is 28.6. The summed E-state index contributed by atoms with van der Waals surface area (Å²) >= 11 is 1.44. The lowest BCUT2D eigenvalue weighted by Crippen LogP contribution is -2.42. The Balaban J connectivity index is 1.86. The van der Waals surface area contributed by atoms with Crippen LogP contribution in [0.1, 0.15) is 44.7 Å². The number of likely N-dealkylation sites (tertiary alicyclic amines) is 1. The maximum absolute atomic E-state index is 12.4. The molecular weight excluding hydrogens is 504 g/mol. The Morgan fingerprint density at radius 3 is 2.58 bits per heavy atom. The number of amides is 1. The highest BCUT2D eigenvalue weighted by molar-refractivity contribution is 8.03. The van der Waals surface area contributed by atoms with E-state index in [1.54, 1.807) is 6.92 Å². The molecule has 0 aliphatic carbocycles. The van der Waals surface area contributed by atoms with Crippen molar-refractivity contribution in [1.29, 1.82) is 0 Å². The van der Waals surface area contributed by atoms with Crippen molar-refractivity contribution in [1.82, 2.24) is 14.5 Å². The lowest BCUT2D eigenvalue weighted by molar-refractivity contribution is -0.140. The second-order valence-electron chi connectivity index (χ2n) is 9.79. The minimum Gasteiger partial charge on any atom is -0.477 e. The standard InChI is InChI=1S/C24H36N4O6S2/c1-14-6-5-7-18(8-14)12-27-13-20(10-19(27)11-26-36(25,33)34)35-23-16(3)21(9-15(2)29)28(17(4)30)22(23)24(31)32/h5-8,15-16,19-21,26,29H,9-13H2,1-4H3,(H,31,32)(H2,25,33,34)/t15-,16-,19+,20+,21+/m1/s1. The van der Waals surface area contributed by atoms with Crippen LogP contribution < -0.4 is 9.86 Å². The highest BCUT2D eigenvalue weighted by Gasteiger charge is 2.45. The molecule has 2 aliphatic heterocycles. The van der Waals surface area contributed by atoms with E-state index in [-0.39, 0.29) is 41.8 Å². The van der Waals surface area contributed by atoms with Crippen LogP contribution in [0.5, 0.6) is 0 Å². The molecule has 1 aromatic rings. The predicted octanol–water partition coefficient (Wildman–Crippen LogP) is 1.40. The molecule has 0 unspecified atom stereocenters. The first-order valence-corrected chi connectivity index (χ1v) is 14.4. The van der Waals surface area contributed by atoms with E-state index in [2.05, 4.69) is 15.7 Å². The fourth-order valence-electron chi connectivity index (χ4n) is 5.19. The number of carboxylic acid groups (broad SMARTS) is 1. The van der Waals surface area contributed by atoms with Gasteiger partial charge in [-0.25, -0.2) is 14.7 Å². The first-order chi connectivity index (χ1) is 16.8. The maximum Gasteiger partial charge on any atom is 0.353 e. The van der Waals surface area contributed by atoms with Crippen molar-refractivity contribution >= 4 is 33.8 Å². The van der Waals surface area contributed by atoms with Crippen molar-refractivity contribution in [3.8, 4) is 0 Å². The van der Waals surface area contributed by atoms with Gasteiger partial charge in [-0.05, 0) is 32.3 Å². The quantitative estimate of drug-likeness (QED) is 0.347. The van der Waals surface area contributed by atoms with Crippen LogP contribution in [0.2, 0.25) is 0 Å². The van der Waals surface area contributed by atoms with E-state index in [1.165, 1.54) is 23.6 Å². The lowest BCUT2D eigenvalue weighted by atomic mass is 9.98. The summed E-state index contributed by atoms with van der Waals surface area (Å²) in [6, 6.07) is 7.52. The molecule has 5 atom stereocenters. The Morgan fingerprint density at radius 1 is 1.33 bits per heavy atom. The van der Waals surface area contributed by atoms with Gasteiger partial charge >= 0.3 is 5.97 Å². The van der Waals surface area contributed by atoms with Crippen LogP contribution in [0.15, 0.2) is 34.9 Å². The molecule has 2 aliphatic rings. The number of rotatable bonds is 10. The number of nitrogens with one attached hydrogen (secondary N) is 1. The molecule has 0 radical (unpaired) electrons. The van der Waals surface area contributed by atoms with Crippen molar-refractivity contribution in [3.05, 3.63) is 46.0 Å². The van der Waals surface area contributed by atoms with E-state index >= 15 is 0 Å². The molecule has 0 bridgehead atoms. The maximum atomic E-state index is 12.4. The number of carbonyl (C=O) groups excluding carboxylic acids is 1. The molecule has 2 heterocycles. The number of thioether (sulfide) groups is 1. The van der Waals surface area contributed by atoms with Gasteiger partial charge in [-0.2, -0.15) is 8.42 Å². The van der Waals surface area contributed by atoms with Gasteiger partial charge in [0.05, 0.1) is 6.10 Å². The summed E-state index contributed by atoms with van der Waals surface area (Å²) < 4.78 is 25.5. The van der Waals surface area contributed by atoms with Crippen LogP contribution in [0, 0.1) is 12.8 Å². The molecule has 12 heteroatoms. The second kappa shape index (κ2) is 11.6. The Morgan fingerprint density at radius 2 is 2.03 bits per heavy atom. The van der Waals surface area contributed by atoms with Gasteiger partial charge in [0.2, 0.25) is 5.91 Å². The van der Waals surface area contributed by atoms with Crippen molar-refractivity contribution in [2.75, 3.05) is 13.1 Å². The van der Waals surface area contributed by atoms with Crippen LogP contribution in [0.4, 0.5) is 0 Å². The molecule has 36 heavy (non-hydrogen) atoms. The molecule has 1 amide bonds. The van der Waals surface area contributed by atoms with Gasteiger partial charge in [0.15, 0.2) is 0 Å². The third kappa shape index (κ3) is 7.08. The Bertz CT molecular complexity index is 1120. The average Bonchev–Trinajstić information content (AvgIpc) is 3.24. The normalized spacial score (nSPS) is 26.0. The number of carbonyl (C=O) groups is 2. The summed E-state index contributed by atoms with van der Waals surface area (Å²) in [7, 11) is -3.86. The molecule has 3 rings (SSSR count). The molecule has 1 fully saturated rings. The fourth-order valence-corrected chi connectivity index (χ4v) is 7.22. The summed E-state index contributed by atoms with van der Waals surface area (Å²) in [5, 5.41) is 25.2. The number of carboxylic acids is 1. The smallest absolute Gasteiger partial charge is 0.353 e. The zero-order valence-electron chi connectivity index (χ0n) is 21.0. The van der Waals surface area contributed by atoms with Crippen LogP contribution in [0.3, 0.4) is 0 Å².